The Labute approximate surface area is 133 Å². The van der Waals surface area contributed by atoms with Crippen LogP contribution in [0.25, 0.3) is 5.69 Å². The van der Waals surface area contributed by atoms with Gasteiger partial charge in [-0.25, -0.2) is 9.07 Å². The van der Waals surface area contributed by atoms with E-state index in [1.807, 2.05) is 36.5 Å². The number of halogens is 1. The van der Waals surface area contributed by atoms with Crippen LogP contribution in [0.2, 0.25) is 0 Å². The first kappa shape index (κ1) is 15.0. The van der Waals surface area contributed by atoms with Gasteiger partial charge in [-0.15, -0.1) is 0 Å². The molecular formula is C18H16FN3O. The second kappa shape index (κ2) is 6.44. The molecule has 0 bridgehead atoms. The fourth-order valence-electron chi connectivity index (χ4n) is 2.35. The highest BCUT2D eigenvalue weighted by atomic mass is 19.1. The maximum atomic E-state index is 13.7. The van der Waals surface area contributed by atoms with Gasteiger partial charge in [-0.05, 0) is 24.3 Å². The Morgan fingerprint density at radius 2 is 1.83 bits per heavy atom. The van der Waals surface area contributed by atoms with E-state index in [0.717, 1.165) is 11.3 Å². The Hall–Kier alpha value is -2.95. The summed E-state index contributed by atoms with van der Waals surface area (Å²) in [6, 6.07) is 15.7. The minimum atomic E-state index is -0.510. The highest BCUT2D eigenvalue weighted by Gasteiger charge is 2.16. The maximum Gasteiger partial charge on any atom is 0.256 e. The summed E-state index contributed by atoms with van der Waals surface area (Å²) in [6.45, 7) is 0.361. The normalized spacial score (nSPS) is 10.5. The molecule has 1 aromatic heterocycles. The van der Waals surface area contributed by atoms with Gasteiger partial charge in [0.05, 0.1) is 17.4 Å². The Kier molecular flexibility index (Phi) is 4.19. The Morgan fingerprint density at radius 1 is 1.13 bits per heavy atom. The third-order valence-electron chi connectivity index (χ3n) is 3.53. The van der Waals surface area contributed by atoms with E-state index in [1.54, 1.807) is 30.1 Å². The van der Waals surface area contributed by atoms with Gasteiger partial charge in [-0.2, -0.15) is 5.10 Å². The van der Waals surface area contributed by atoms with Crippen LogP contribution in [0.5, 0.6) is 0 Å². The number of aromatic nitrogens is 2. The average molecular weight is 309 g/mol. The largest absolute Gasteiger partial charge is 0.337 e. The first-order valence-corrected chi connectivity index (χ1v) is 7.24. The van der Waals surface area contributed by atoms with Crippen molar-refractivity contribution in [2.24, 2.45) is 0 Å². The van der Waals surface area contributed by atoms with E-state index >= 15 is 0 Å². The van der Waals surface area contributed by atoms with Crippen molar-refractivity contribution in [2.75, 3.05) is 7.05 Å². The molecule has 0 atom stereocenters. The van der Waals surface area contributed by atoms with Gasteiger partial charge in [0.2, 0.25) is 0 Å². The summed E-state index contributed by atoms with van der Waals surface area (Å²) in [7, 11) is 1.65. The molecule has 0 fully saturated rings. The molecule has 0 spiro atoms. The van der Waals surface area contributed by atoms with Crippen molar-refractivity contribution in [2.45, 2.75) is 6.54 Å². The van der Waals surface area contributed by atoms with Gasteiger partial charge >= 0.3 is 0 Å². The minimum Gasteiger partial charge on any atom is -0.337 e. The number of benzene rings is 2. The molecule has 1 amide bonds. The lowest BCUT2D eigenvalue weighted by Gasteiger charge is -2.16. The number of hydrogen-bond acceptors (Lipinski definition) is 2. The fourth-order valence-corrected chi connectivity index (χ4v) is 2.35. The lowest BCUT2D eigenvalue weighted by Crippen LogP contribution is -2.26. The van der Waals surface area contributed by atoms with Crippen LogP contribution >= 0.6 is 0 Å². The Balaban J connectivity index is 1.74. The molecule has 0 unspecified atom stereocenters. The van der Waals surface area contributed by atoms with Crippen LogP contribution in [-0.4, -0.2) is 27.6 Å². The second-order valence-electron chi connectivity index (χ2n) is 5.27. The lowest BCUT2D eigenvalue weighted by molar-refractivity contribution is 0.0780. The summed E-state index contributed by atoms with van der Waals surface area (Å²) in [5, 5.41) is 4.29. The number of hydrogen-bond donors (Lipinski definition) is 0. The van der Waals surface area contributed by atoms with Gasteiger partial charge in [0.25, 0.3) is 5.91 Å². The van der Waals surface area contributed by atoms with Gasteiger partial charge < -0.3 is 4.90 Å². The van der Waals surface area contributed by atoms with Gasteiger partial charge in [0, 0.05) is 25.4 Å². The summed E-state index contributed by atoms with van der Waals surface area (Å²) in [6.07, 6.45) is 3.57. The molecule has 23 heavy (non-hydrogen) atoms. The highest BCUT2D eigenvalue weighted by Crippen LogP contribution is 2.13. The van der Waals surface area contributed by atoms with E-state index in [2.05, 4.69) is 5.10 Å². The summed E-state index contributed by atoms with van der Waals surface area (Å²) in [4.78, 5) is 13.8. The first-order chi connectivity index (χ1) is 11.1. The molecular weight excluding hydrogens is 293 g/mol. The van der Waals surface area contributed by atoms with Crippen molar-refractivity contribution in [3.8, 4) is 5.69 Å². The van der Waals surface area contributed by atoms with Gasteiger partial charge in [-0.3, -0.25) is 4.79 Å². The molecule has 0 N–H and O–H groups in total. The van der Waals surface area contributed by atoms with Crippen molar-refractivity contribution in [3.63, 3.8) is 0 Å². The molecule has 2 aromatic carbocycles. The molecule has 5 heteroatoms. The molecule has 116 valence electrons. The topological polar surface area (TPSA) is 38.1 Å². The van der Waals surface area contributed by atoms with Crippen molar-refractivity contribution >= 4 is 5.91 Å². The van der Waals surface area contributed by atoms with Gasteiger partial charge in [-0.1, -0.05) is 30.3 Å². The van der Waals surface area contributed by atoms with E-state index < -0.39 is 5.82 Å². The van der Waals surface area contributed by atoms with Crippen LogP contribution in [-0.2, 0) is 6.54 Å². The molecule has 0 aliphatic heterocycles. The summed E-state index contributed by atoms with van der Waals surface area (Å²) < 4.78 is 15.4. The molecule has 3 aromatic rings. The number of rotatable bonds is 4. The van der Waals surface area contributed by atoms with Crippen LogP contribution in [0, 0.1) is 5.82 Å². The summed E-state index contributed by atoms with van der Waals surface area (Å²) >= 11 is 0. The third-order valence-corrected chi connectivity index (χ3v) is 3.53. The predicted octanol–water partition coefficient (Wildman–Crippen LogP) is 3.28. The number of amides is 1. The zero-order valence-corrected chi connectivity index (χ0v) is 12.7. The second-order valence-corrected chi connectivity index (χ2v) is 5.27. The number of carbonyl (C=O) groups excluding carboxylic acids is 1. The smallest absolute Gasteiger partial charge is 0.256 e. The van der Waals surface area contributed by atoms with Gasteiger partial charge in [0.1, 0.15) is 5.82 Å². The van der Waals surface area contributed by atoms with Crippen molar-refractivity contribution in [1.29, 1.82) is 0 Å². The molecule has 0 radical (unpaired) electrons. The van der Waals surface area contributed by atoms with Crippen molar-refractivity contribution in [3.05, 3.63) is 83.9 Å². The Morgan fingerprint density at radius 3 is 2.57 bits per heavy atom. The molecule has 4 nitrogen and oxygen atoms in total. The van der Waals surface area contributed by atoms with Crippen LogP contribution in [0.15, 0.2) is 67.0 Å². The number of para-hydroxylation sites is 1. The molecule has 1 heterocycles. The average Bonchev–Trinajstić information content (AvgIpc) is 3.04. The van der Waals surface area contributed by atoms with E-state index in [9.17, 15) is 9.18 Å². The molecule has 0 aliphatic carbocycles. The van der Waals surface area contributed by atoms with E-state index in [1.165, 1.54) is 17.0 Å². The molecule has 0 saturated heterocycles. The zero-order valence-electron chi connectivity index (χ0n) is 12.7. The van der Waals surface area contributed by atoms with Crippen LogP contribution in [0.3, 0.4) is 0 Å². The van der Waals surface area contributed by atoms with Crippen molar-refractivity contribution in [1.82, 2.24) is 14.7 Å². The van der Waals surface area contributed by atoms with E-state index in [0.29, 0.717) is 6.54 Å². The fraction of sp³-hybridized carbons (Fsp3) is 0.111. The maximum absolute atomic E-state index is 13.7. The Bertz CT molecular complexity index is 814. The summed E-state index contributed by atoms with van der Waals surface area (Å²) in [5.41, 5.74) is 1.90. The lowest BCUT2D eigenvalue weighted by atomic mass is 10.2. The number of carbonyl (C=O) groups is 1. The quantitative estimate of drug-likeness (QED) is 0.742. The number of nitrogens with zero attached hydrogens (tertiary/aromatic N) is 3. The minimum absolute atomic E-state index is 0.0745. The molecule has 3 rings (SSSR count). The standard InChI is InChI=1S/C18H16FN3O/c1-21(18(23)16-9-5-6-10-17(16)19)12-14-11-20-22(13-14)15-7-3-2-4-8-15/h2-11,13H,12H2,1H3. The van der Waals surface area contributed by atoms with Gasteiger partial charge in [0.15, 0.2) is 0 Å². The monoisotopic (exact) mass is 309 g/mol. The summed E-state index contributed by atoms with van der Waals surface area (Å²) in [5.74, 6) is -0.861. The first-order valence-electron chi connectivity index (χ1n) is 7.24. The van der Waals surface area contributed by atoms with Crippen LogP contribution < -0.4 is 0 Å². The van der Waals surface area contributed by atoms with E-state index in [4.69, 9.17) is 0 Å². The molecule has 0 saturated carbocycles. The third kappa shape index (κ3) is 3.29. The predicted molar refractivity (Wildman–Crippen MR) is 85.8 cm³/mol. The van der Waals surface area contributed by atoms with E-state index in [-0.39, 0.29) is 11.5 Å². The highest BCUT2D eigenvalue weighted by molar-refractivity contribution is 5.94. The zero-order chi connectivity index (χ0) is 16.2. The van der Waals surface area contributed by atoms with Crippen LogP contribution in [0.4, 0.5) is 4.39 Å². The molecule has 0 aliphatic rings. The SMILES string of the molecule is CN(Cc1cnn(-c2ccccc2)c1)C(=O)c1ccccc1F. The van der Waals surface area contributed by atoms with Crippen LogP contribution in [0.1, 0.15) is 15.9 Å². The van der Waals surface area contributed by atoms with Crippen molar-refractivity contribution < 1.29 is 9.18 Å².